The summed E-state index contributed by atoms with van der Waals surface area (Å²) in [7, 11) is -2.51. The number of anilines is 2. The second-order valence-electron chi connectivity index (χ2n) is 4.81. The topological polar surface area (TPSA) is 84.5 Å². The van der Waals surface area contributed by atoms with E-state index in [1.54, 1.807) is 0 Å². The summed E-state index contributed by atoms with van der Waals surface area (Å²) in [6.45, 7) is 1.34. The molecular weight excluding hydrogens is 375 g/mol. The van der Waals surface area contributed by atoms with Gasteiger partial charge in [-0.1, -0.05) is 23.2 Å². The Morgan fingerprint density at radius 1 is 1.08 bits per heavy atom. The molecule has 2 aromatic carbocycles. The van der Waals surface area contributed by atoms with Crippen LogP contribution in [0.4, 0.5) is 11.4 Å². The van der Waals surface area contributed by atoms with Gasteiger partial charge in [0.2, 0.25) is 5.91 Å². The first kappa shape index (κ1) is 18.4. The second kappa shape index (κ2) is 7.29. The second-order valence-corrected chi connectivity index (χ2v) is 7.36. The maximum atomic E-state index is 12.5. The maximum Gasteiger partial charge on any atom is 0.262 e. The molecule has 0 atom stereocenters. The van der Waals surface area contributed by atoms with Crippen LogP contribution in [-0.2, 0) is 14.8 Å². The first-order valence-corrected chi connectivity index (χ1v) is 8.90. The maximum absolute atomic E-state index is 12.5. The lowest BCUT2D eigenvalue weighted by Gasteiger charge is -2.13. The number of rotatable bonds is 5. The quantitative estimate of drug-likeness (QED) is 0.816. The number of halogens is 2. The fourth-order valence-corrected chi connectivity index (χ4v) is 3.54. The highest BCUT2D eigenvalue weighted by Crippen LogP contribution is 2.29. The van der Waals surface area contributed by atoms with E-state index in [0.717, 1.165) is 0 Å². The standard InChI is InChI=1S/C15H14Cl2N2O4S/c1-9(20)18-14-4-3-13(8-15(14)23-2)24(21,22)19-12-6-10(16)5-11(17)7-12/h3-8,19H,1-2H3,(H,18,20). The van der Waals surface area contributed by atoms with Crippen LogP contribution in [0.3, 0.4) is 0 Å². The zero-order valence-corrected chi connectivity index (χ0v) is 15.1. The molecule has 1 amide bonds. The molecule has 0 aromatic heterocycles. The van der Waals surface area contributed by atoms with Crippen molar-refractivity contribution in [1.29, 1.82) is 0 Å². The summed E-state index contributed by atoms with van der Waals surface area (Å²) in [5, 5.41) is 3.16. The van der Waals surface area contributed by atoms with Gasteiger partial charge in [0.15, 0.2) is 0 Å². The number of methoxy groups -OCH3 is 1. The number of ether oxygens (including phenoxy) is 1. The number of hydrogen-bond acceptors (Lipinski definition) is 4. The molecule has 9 heteroatoms. The number of carbonyl (C=O) groups is 1. The van der Waals surface area contributed by atoms with Crippen LogP contribution in [-0.4, -0.2) is 21.4 Å². The van der Waals surface area contributed by atoms with Crippen LogP contribution in [0.2, 0.25) is 10.0 Å². The Kier molecular flexibility index (Phi) is 5.58. The lowest BCUT2D eigenvalue weighted by Crippen LogP contribution is -2.14. The summed E-state index contributed by atoms with van der Waals surface area (Å²) >= 11 is 11.7. The number of carbonyl (C=O) groups excluding carboxylic acids is 1. The summed E-state index contributed by atoms with van der Waals surface area (Å²) in [5.41, 5.74) is 0.604. The molecule has 24 heavy (non-hydrogen) atoms. The molecule has 128 valence electrons. The van der Waals surface area contributed by atoms with Crippen molar-refractivity contribution < 1.29 is 17.9 Å². The van der Waals surface area contributed by atoms with Crippen molar-refractivity contribution in [2.75, 3.05) is 17.1 Å². The van der Waals surface area contributed by atoms with E-state index in [1.807, 2.05) is 0 Å². The lowest BCUT2D eigenvalue weighted by molar-refractivity contribution is -0.114. The van der Waals surface area contributed by atoms with Crippen molar-refractivity contribution in [2.24, 2.45) is 0 Å². The minimum atomic E-state index is -3.88. The Bertz CT molecular complexity index is 865. The molecule has 0 heterocycles. The first-order valence-electron chi connectivity index (χ1n) is 6.66. The number of hydrogen-bond donors (Lipinski definition) is 2. The van der Waals surface area contributed by atoms with Gasteiger partial charge in [-0.05, 0) is 30.3 Å². The Hall–Kier alpha value is -1.96. The molecule has 0 fully saturated rings. The molecule has 2 N–H and O–H groups in total. The van der Waals surface area contributed by atoms with E-state index in [0.29, 0.717) is 15.7 Å². The summed E-state index contributed by atoms with van der Waals surface area (Å²) in [5.74, 6) is -0.0761. The molecule has 6 nitrogen and oxygen atoms in total. The Balaban J connectivity index is 2.36. The van der Waals surface area contributed by atoms with Gasteiger partial charge >= 0.3 is 0 Å². The third kappa shape index (κ3) is 4.53. The molecular formula is C15H14Cl2N2O4S. The summed E-state index contributed by atoms with van der Waals surface area (Å²) in [6, 6.07) is 8.47. The van der Waals surface area contributed by atoms with E-state index in [-0.39, 0.29) is 22.2 Å². The molecule has 0 spiro atoms. The van der Waals surface area contributed by atoms with Crippen LogP contribution in [0.5, 0.6) is 5.75 Å². The van der Waals surface area contributed by atoms with Crippen molar-refractivity contribution in [3.63, 3.8) is 0 Å². The summed E-state index contributed by atoms with van der Waals surface area (Å²) < 4.78 is 32.5. The van der Waals surface area contributed by atoms with Crippen LogP contribution in [0, 0.1) is 0 Å². The van der Waals surface area contributed by atoms with Gasteiger partial charge in [0.05, 0.1) is 23.4 Å². The highest BCUT2D eigenvalue weighted by atomic mass is 35.5. The van der Waals surface area contributed by atoms with E-state index in [9.17, 15) is 13.2 Å². The van der Waals surface area contributed by atoms with Gasteiger partial charge in [0, 0.05) is 23.0 Å². The normalized spacial score (nSPS) is 11.0. The molecule has 2 rings (SSSR count). The molecule has 0 aliphatic heterocycles. The number of nitrogens with one attached hydrogen (secondary N) is 2. The third-order valence-corrected chi connectivity index (χ3v) is 4.72. The summed E-state index contributed by atoms with van der Waals surface area (Å²) in [4.78, 5) is 11.1. The minimum absolute atomic E-state index is 0.0375. The van der Waals surface area contributed by atoms with Gasteiger partial charge < -0.3 is 10.1 Å². The van der Waals surface area contributed by atoms with E-state index < -0.39 is 10.0 Å². The van der Waals surface area contributed by atoms with E-state index >= 15 is 0 Å². The fraction of sp³-hybridized carbons (Fsp3) is 0.133. The highest BCUT2D eigenvalue weighted by Gasteiger charge is 2.17. The lowest BCUT2D eigenvalue weighted by atomic mass is 10.3. The molecule has 0 unspecified atom stereocenters. The molecule has 0 saturated heterocycles. The van der Waals surface area contributed by atoms with Crippen molar-refractivity contribution in [2.45, 2.75) is 11.8 Å². The van der Waals surface area contributed by atoms with Crippen molar-refractivity contribution in [3.8, 4) is 5.75 Å². The van der Waals surface area contributed by atoms with Crippen molar-refractivity contribution in [3.05, 3.63) is 46.4 Å². The van der Waals surface area contributed by atoms with Crippen LogP contribution in [0.1, 0.15) is 6.92 Å². The number of amides is 1. The molecule has 0 aliphatic rings. The smallest absolute Gasteiger partial charge is 0.262 e. The van der Waals surface area contributed by atoms with Crippen LogP contribution < -0.4 is 14.8 Å². The van der Waals surface area contributed by atoms with Crippen LogP contribution in [0.25, 0.3) is 0 Å². The van der Waals surface area contributed by atoms with E-state index in [4.69, 9.17) is 27.9 Å². The first-order chi connectivity index (χ1) is 11.2. The van der Waals surface area contributed by atoms with Gasteiger partial charge in [-0.3, -0.25) is 9.52 Å². The fourth-order valence-electron chi connectivity index (χ4n) is 1.96. The third-order valence-electron chi connectivity index (χ3n) is 2.91. The monoisotopic (exact) mass is 388 g/mol. The Labute approximate surface area is 149 Å². The van der Waals surface area contributed by atoms with Crippen LogP contribution >= 0.6 is 23.2 Å². The van der Waals surface area contributed by atoms with Crippen molar-refractivity contribution >= 4 is 50.5 Å². The van der Waals surface area contributed by atoms with E-state index in [1.165, 1.54) is 50.4 Å². The number of benzene rings is 2. The molecule has 0 saturated carbocycles. The predicted octanol–water partition coefficient (Wildman–Crippen LogP) is 3.76. The number of sulfonamides is 1. The van der Waals surface area contributed by atoms with Gasteiger partial charge in [0.25, 0.3) is 10.0 Å². The predicted molar refractivity (Wildman–Crippen MR) is 94.6 cm³/mol. The van der Waals surface area contributed by atoms with Gasteiger partial charge in [-0.25, -0.2) is 8.42 Å². The van der Waals surface area contributed by atoms with Crippen molar-refractivity contribution in [1.82, 2.24) is 0 Å². The van der Waals surface area contributed by atoms with Gasteiger partial charge in [-0.15, -0.1) is 0 Å². The SMILES string of the molecule is COc1cc(S(=O)(=O)Nc2cc(Cl)cc(Cl)c2)ccc1NC(C)=O. The highest BCUT2D eigenvalue weighted by molar-refractivity contribution is 7.92. The average Bonchev–Trinajstić information content (AvgIpc) is 2.45. The largest absolute Gasteiger partial charge is 0.495 e. The summed E-state index contributed by atoms with van der Waals surface area (Å²) in [6.07, 6.45) is 0. The molecule has 2 aromatic rings. The Morgan fingerprint density at radius 3 is 2.25 bits per heavy atom. The minimum Gasteiger partial charge on any atom is -0.495 e. The van der Waals surface area contributed by atoms with Gasteiger partial charge in [-0.2, -0.15) is 0 Å². The average molecular weight is 389 g/mol. The van der Waals surface area contributed by atoms with Gasteiger partial charge in [0.1, 0.15) is 5.75 Å². The van der Waals surface area contributed by atoms with Crippen LogP contribution in [0.15, 0.2) is 41.3 Å². The molecule has 0 radical (unpaired) electrons. The zero-order chi connectivity index (χ0) is 17.9. The molecule has 0 aliphatic carbocycles. The Morgan fingerprint density at radius 2 is 1.71 bits per heavy atom. The molecule has 0 bridgehead atoms. The van der Waals surface area contributed by atoms with E-state index in [2.05, 4.69) is 10.0 Å². The zero-order valence-electron chi connectivity index (χ0n) is 12.8.